The number of hydrogen-bond acceptors (Lipinski definition) is 12. The number of piperidine rings is 2. The van der Waals surface area contributed by atoms with Gasteiger partial charge in [0.25, 0.3) is 0 Å². The molecule has 2 N–H and O–H groups in total. The SMILES string of the molecule is O=C(Cc1ccc2c(OC(=O)C(=O)Oc3cn(C4CCN(CCc5ccc(F)cc5)CC4)c4cc(CC(=O)NCCN5CCOCC5)ccc34)cn(C3CCN(CCc4ccc(F)cc4)CC3)c2c1)NCCN1CCOCC1. The molecular weight excluding hydrogens is 999 g/mol. The zero-order chi connectivity index (χ0) is 53.8. The lowest BCUT2D eigenvalue weighted by atomic mass is 10.0. The van der Waals surface area contributed by atoms with E-state index in [4.69, 9.17) is 18.9 Å². The summed E-state index contributed by atoms with van der Waals surface area (Å²) in [5.41, 5.74) is 5.36. The average molecular weight is 1070 g/mol. The summed E-state index contributed by atoms with van der Waals surface area (Å²) in [6, 6.07) is 24.7. The van der Waals surface area contributed by atoms with Crippen LogP contribution in [0, 0.1) is 11.6 Å². The Labute approximate surface area is 454 Å². The molecule has 4 fully saturated rings. The quantitative estimate of drug-likeness (QED) is 0.0669. The van der Waals surface area contributed by atoms with Crippen LogP contribution in [0.1, 0.15) is 60.0 Å². The number of fused-ring (bicyclic) bond motifs is 2. The van der Waals surface area contributed by atoms with Crippen LogP contribution in [0.3, 0.4) is 0 Å². The number of morpholine rings is 2. The molecule has 0 bridgehead atoms. The van der Waals surface area contributed by atoms with Crippen LogP contribution in [-0.2, 0) is 54.3 Å². The van der Waals surface area contributed by atoms with Gasteiger partial charge >= 0.3 is 11.9 Å². The Kier molecular flexibility index (Phi) is 18.6. The normalized spacial score (nSPS) is 17.6. The van der Waals surface area contributed by atoms with Gasteiger partial charge in [0, 0.05) is 127 Å². The van der Waals surface area contributed by atoms with Gasteiger partial charge in [-0.05, 0) is 109 Å². The first-order valence-corrected chi connectivity index (χ1v) is 27.8. The molecule has 2 amide bonds. The van der Waals surface area contributed by atoms with Gasteiger partial charge in [-0.1, -0.05) is 36.4 Å². The number of carbonyl (C=O) groups is 4. The average Bonchev–Trinajstić information content (AvgIpc) is 4.03. The van der Waals surface area contributed by atoms with E-state index in [2.05, 4.69) is 39.4 Å². The highest BCUT2D eigenvalue weighted by atomic mass is 19.1. The summed E-state index contributed by atoms with van der Waals surface area (Å²) in [6.07, 6.45) is 8.79. The summed E-state index contributed by atoms with van der Waals surface area (Å²) < 4.78 is 54.2. The molecule has 0 radical (unpaired) electrons. The van der Waals surface area contributed by atoms with Crippen molar-refractivity contribution in [3.63, 3.8) is 0 Å². The topological polar surface area (TPSA) is 152 Å². The monoisotopic (exact) mass is 1070 g/mol. The molecule has 0 aliphatic carbocycles. The van der Waals surface area contributed by atoms with E-state index in [0.29, 0.717) is 50.3 Å². The molecule has 16 nitrogen and oxygen atoms in total. The molecule has 0 unspecified atom stereocenters. The van der Waals surface area contributed by atoms with E-state index >= 15 is 0 Å². The minimum atomic E-state index is -1.17. The van der Waals surface area contributed by atoms with Crippen molar-refractivity contribution in [2.75, 3.05) is 118 Å². The molecule has 18 heteroatoms. The van der Waals surface area contributed by atoms with Gasteiger partial charge in [0.05, 0.1) is 50.3 Å². The standard InChI is InChI=1S/C60H72F2N8O8/c61-47-7-1-43(2-8-47)13-21-65-23-15-49(16-24-65)69-41-55(51-11-5-45(37-53(51)69)39-57(71)63-19-27-67-29-33-75-34-30-67)77-59(73)60(74)78-56-42-70(50-17-25-66(26-18-50)22-14-44-3-9-48(62)10-4-44)54-38-46(6-12-52(54)56)40-58(72)64-20-28-68-31-35-76-36-32-68/h1-12,37-38,41-42,49-50H,13-36,39-40H2,(H,63,71)(H,64,72). The van der Waals surface area contributed by atoms with Crippen molar-refractivity contribution in [1.29, 1.82) is 0 Å². The second-order valence-electron chi connectivity index (χ2n) is 21.1. The van der Waals surface area contributed by atoms with Crippen molar-refractivity contribution in [2.24, 2.45) is 0 Å². The van der Waals surface area contributed by atoms with Crippen LogP contribution in [0.4, 0.5) is 8.78 Å². The van der Waals surface area contributed by atoms with Crippen LogP contribution < -0.4 is 20.1 Å². The Bertz CT molecular complexity index is 2790. The van der Waals surface area contributed by atoms with Crippen LogP contribution in [-0.4, -0.2) is 171 Å². The second-order valence-corrected chi connectivity index (χ2v) is 21.1. The number of likely N-dealkylation sites (tertiary alicyclic amines) is 2. The molecule has 0 atom stereocenters. The number of benzene rings is 4. The first-order chi connectivity index (χ1) is 38.1. The molecule has 6 aromatic rings. The third-order valence-electron chi connectivity index (χ3n) is 15.9. The number of rotatable bonds is 20. The predicted molar refractivity (Wildman–Crippen MR) is 293 cm³/mol. The summed E-state index contributed by atoms with van der Waals surface area (Å²) in [4.78, 5) is 63.7. The molecule has 4 aromatic carbocycles. The van der Waals surface area contributed by atoms with Crippen LogP contribution in [0.15, 0.2) is 97.3 Å². The molecule has 4 saturated heterocycles. The summed E-state index contributed by atoms with van der Waals surface area (Å²) in [5.74, 6) is -2.59. The van der Waals surface area contributed by atoms with E-state index < -0.39 is 11.9 Å². The predicted octanol–water partition coefficient (Wildman–Crippen LogP) is 6.13. The Morgan fingerprint density at radius 2 is 0.833 bits per heavy atom. The lowest BCUT2D eigenvalue weighted by Crippen LogP contribution is -2.41. The number of carbonyl (C=O) groups excluding carboxylic acids is 4. The number of ether oxygens (including phenoxy) is 4. The number of amides is 2. The van der Waals surface area contributed by atoms with Gasteiger partial charge in [0.15, 0.2) is 11.5 Å². The summed E-state index contributed by atoms with van der Waals surface area (Å²) in [7, 11) is 0. The van der Waals surface area contributed by atoms with Crippen LogP contribution in [0.2, 0.25) is 0 Å². The molecule has 4 aliphatic heterocycles. The number of esters is 2. The molecule has 10 rings (SSSR count). The summed E-state index contributed by atoms with van der Waals surface area (Å²) in [5, 5.41) is 7.39. The molecule has 0 spiro atoms. The minimum Gasteiger partial charge on any atom is -0.416 e. The number of nitrogens with one attached hydrogen (secondary N) is 2. The van der Waals surface area contributed by atoms with E-state index in [-0.39, 0.29) is 59.9 Å². The van der Waals surface area contributed by atoms with Crippen molar-refractivity contribution < 1.29 is 46.9 Å². The third-order valence-corrected chi connectivity index (χ3v) is 15.9. The Hall–Kier alpha value is -6.54. The maximum absolute atomic E-state index is 14.0. The fraction of sp³-hybridized carbons (Fsp3) is 0.467. The molecule has 414 valence electrons. The van der Waals surface area contributed by atoms with E-state index in [0.717, 1.165) is 150 Å². The lowest BCUT2D eigenvalue weighted by Gasteiger charge is -2.33. The summed E-state index contributed by atoms with van der Waals surface area (Å²) in [6.45, 7) is 13.7. The number of hydrogen-bond donors (Lipinski definition) is 2. The molecule has 6 heterocycles. The van der Waals surface area contributed by atoms with Gasteiger partial charge in [-0.25, -0.2) is 18.4 Å². The fourth-order valence-electron chi connectivity index (χ4n) is 11.4. The van der Waals surface area contributed by atoms with Crippen LogP contribution >= 0.6 is 0 Å². The zero-order valence-electron chi connectivity index (χ0n) is 44.5. The van der Waals surface area contributed by atoms with Gasteiger partial charge in [-0.3, -0.25) is 19.4 Å². The maximum atomic E-state index is 14.0. The Morgan fingerprint density at radius 3 is 1.22 bits per heavy atom. The molecule has 2 aromatic heterocycles. The van der Waals surface area contributed by atoms with Crippen molar-refractivity contribution in [3.8, 4) is 11.5 Å². The lowest BCUT2D eigenvalue weighted by molar-refractivity contribution is -0.156. The molecule has 4 aliphatic rings. The van der Waals surface area contributed by atoms with Crippen molar-refractivity contribution in [3.05, 3.63) is 131 Å². The van der Waals surface area contributed by atoms with E-state index in [9.17, 15) is 28.0 Å². The Morgan fingerprint density at radius 1 is 0.474 bits per heavy atom. The third kappa shape index (κ3) is 14.6. The summed E-state index contributed by atoms with van der Waals surface area (Å²) >= 11 is 0. The molecule has 0 saturated carbocycles. The van der Waals surface area contributed by atoms with Gasteiger partial charge in [-0.2, -0.15) is 0 Å². The number of nitrogens with zero attached hydrogens (tertiary/aromatic N) is 6. The number of halogens is 2. The molecular formula is C60H72F2N8O8. The highest BCUT2D eigenvalue weighted by Gasteiger charge is 2.29. The largest absolute Gasteiger partial charge is 0.423 e. The second kappa shape index (κ2) is 26.4. The maximum Gasteiger partial charge on any atom is 0.423 e. The highest BCUT2D eigenvalue weighted by molar-refractivity contribution is 6.31. The molecule has 78 heavy (non-hydrogen) atoms. The van der Waals surface area contributed by atoms with E-state index in [1.807, 2.05) is 60.7 Å². The van der Waals surface area contributed by atoms with Gasteiger partial charge in [0.2, 0.25) is 11.8 Å². The van der Waals surface area contributed by atoms with Crippen molar-refractivity contribution in [1.82, 2.24) is 39.4 Å². The zero-order valence-corrected chi connectivity index (χ0v) is 44.5. The minimum absolute atomic E-state index is 0.0467. The first kappa shape index (κ1) is 54.8. The van der Waals surface area contributed by atoms with E-state index in [1.165, 1.54) is 24.3 Å². The Balaban J connectivity index is 0.836. The van der Waals surface area contributed by atoms with Gasteiger partial charge in [0.1, 0.15) is 11.6 Å². The fourth-order valence-corrected chi connectivity index (χ4v) is 11.4. The first-order valence-electron chi connectivity index (χ1n) is 27.8. The smallest absolute Gasteiger partial charge is 0.416 e. The van der Waals surface area contributed by atoms with Gasteiger partial charge in [-0.15, -0.1) is 0 Å². The van der Waals surface area contributed by atoms with Crippen LogP contribution in [0.25, 0.3) is 21.8 Å². The van der Waals surface area contributed by atoms with Crippen LogP contribution in [0.5, 0.6) is 11.5 Å². The van der Waals surface area contributed by atoms with Crippen molar-refractivity contribution in [2.45, 2.75) is 63.5 Å². The van der Waals surface area contributed by atoms with Crippen molar-refractivity contribution >= 4 is 45.6 Å². The van der Waals surface area contributed by atoms with Gasteiger partial charge < -0.3 is 48.5 Å². The number of aromatic nitrogens is 2. The van der Waals surface area contributed by atoms with E-state index in [1.54, 1.807) is 12.4 Å². The highest BCUT2D eigenvalue weighted by Crippen LogP contribution is 2.37.